The lowest BCUT2D eigenvalue weighted by Crippen LogP contribution is -2.32. The van der Waals surface area contributed by atoms with Crippen molar-refractivity contribution < 1.29 is 9.26 Å². The standard InChI is InChI=1S/C22H24N6O2/c1-29-20-8-4-3-7-17(20)22-23-21(25-30-22)16-9-10-19-18(15-16)24-26-28(19)14-13-27-11-5-2-6-12-27/h3-4,7-10,15H,2,5-6,11-14H2,1H3. The van der Waals surface area contributed by atoms with E-state index in [0.29, 0.717) is 17.5 Å². The molecule has 1 aliphatic rings. The van der Waals surface area contributed by atoms with Gasteiger partial charge < -0.3 is 14.2 Å². The van der Waals surface area contributed by atoms with E-state index in [1.807, 2.05) is 47.1 Å². The molecule has 0 saturated carbocycles. The van der Waals surface area contributed by atoms with Crippen LogP contribution < -0.4 is 4.74 Å². The predicted molar refractivity (Wildman–Crippen MR) is 113 cm³/mol. The van der Waals surface area contributed by atoms with Crippen LogP contribution in [0.5, 0.6) is 5.75 Å². The molecule has 4 aromatic rings. The second kappa shape index (κ2) is 8.23. The van der Waals surface area contributed by atoms with Gasteiger partial charge in [-0.3, -0.25) is 0 Å². The van der Waals surface area contributed by atoms with Gasteiger partial charge in [-0.05, 0) is 56.3 Å². The zero-order valence-electron chi connectivity index (χ0n) is 17.0. The molecular weight excluding hydrogens is 380 g/mol. The highest BCUT2D eigenvalue weighted by Gasteiger charge is 2.16. The molecule has 2 aromatic heterocycles. The molecule has 1 aliphatic heterocycles. The lowest BCUT2D eigenvalue weighted by atomic mass is 10.1. The molecular formula is C22H24N6O2. The Morgan fingerprint density at radius 3 is 2.77 bits per heavy atom. The van der Waals surface area contributed by atoms with Crippen LogP contribution in [0, 0.1) is 0 Å². The van der Waals surface area contributed by atoms with Crippen molar-refractivity contribution in [1.29, 1.82) is 0 Å². The molecule has 0 atom stereocenters. The van der Waals surface area contributed by atoms with Crippen molar-refractivity contribution in [3.05, 3.63) is 42.5 Å². The normalized spacial score (nSPS) is 15.0. The van der Waals surface area contributed by atoms with Crippen LogP contribution in [0.2, 0.25) is 0 Å². The van der Waals surface area contributed by atoms with Crippen LogP contribution in [-0.2, 0) is 6.54 Å². The molecule has 1 fully saturated rings. The van der Waals surface area contributed by atoms with E-state index in [4.69, 9.17) is 9.26 Å². The minimum atomic E-state index is 0.424. The Morgan fingerprint density at radius 2 is 1.90 bits per heavy atom. The van der Waals surface area contributed by atoms with Gasteiger partial charge in [-0.2, -0.15) is 4.98 Å². The lowest BCUT2D eigenvalue weighted by Gasteiger charge is -2.26. The number of para-hydroxylation sites is 1. The SMILES string of the molecule is COc1ccccc1-c1nc(-c2ccc3c(c2)nnn3CCN2CCCCC2)no1. The molecule has 1 saturated heterocycles. The van der Waals surface area contributed by atoms with Crippen LogP contribution in [0.4, 0.5) is 0 Å². The first-order chi connectivity index (χ1) is 14.8. The van der Waals surface area contributed by atoms with Crippen molar-refractivity contribution in [2.45, 2.75) is 25.8 Å². The first kappa shape index (κ1) is 18.7. The molecule has 0 unspecified atom stereocenters. The summed E-state index contributed by atoms with van der Waals surface area (Å²) in [7, 11) is 1.62. The minimum absolute atomic E-state index is 0.424. The summed E-state index contributed by atoms with van der Waals surface area (Å²) in [6, 6.07) is 13.6. The van der Waals surface area contributed by atoms with Gasteiger partial charge >= 0.3 is 0 Å². The van der Waals surface area contributed by atoms with Crippen molar-refractivity contribution in [3.63, 3.8) is 0 Å². The molecule has 0 radical (unpaired) electrons. The Hall–Kier alpha value is -3.26. The number of nitrogens with zero attached hydrogens (tertiary/aromatic N) is 6. The maximum atomic E-state index is 5.48. The number of methoxy groups -OCH3 is 1. The van der Waals surface area contributed by atoms with Gasteiger partial charge in [-0.25, -0.2) is 4.68 Å². The predicted octanol–water partition coefficient (Wildman–Crippen LogP) is 3.64. The van der Waals surface area contributed by atoms with Crippen LogP contribution in [0.25, 0.3) is 33.9 Å². The van der Waals surface area contributed by atoms with Crippen LogP contribution >= 0.6 is 0 Å². The van der Waals surface area contributed by atoms with Crippen molar-refractivity contribution in [3.8, 4) is 28.6 Å². The highest BCUT2D eigenvalue weighted by Crippen LogP contribution is 2.30. The van der Waals surface area contributed by atoms with Gasteiger partial charge in [0.1, 0.15) is 11.3 Å². The van der Waals surface area contributed by atoms with Gasteiger partial charge in [0.05, 0.1) is 24.7 Å². The number of fused-ring (bicyclic) bond motifs is 1. The van der Waals surface area contributed by atoms with E-state index >= 15 is 0 Å². The number of hydrogen-bond donors (Lipinski definition) is 0. The van der Waals surface area contributed by atoms with E-state index in [0.717, 1.165) is 35.2 Å². The first-order valence-corrected chi connectivity index (χ1v) is 10.3. The number of aromatic nitrogens is 5. The maximum absolute atomic E-state index is 5.48. The van der Waals surface area contributed by atoms with Gasteiger partial charge in [0.15, 0.2) is 0 Å². The molecule has 8 heteroatoms. The van der Waals surface area contributed by atoms with Gasteiger partial charge in [0.2, 0.25) is 5.82 Å². The lowest BCUT2D eigenvalue weighted by molar-refractivity contribution is 0.218. The Labute approximate surface area is 174 Å². The third-order valence-corrected chi connectivity index (χ3v) is 5.61. The summed E-state index contributed by atoms with van der Waals surface area (Å²) in [6.45, 7) is 4.22. The number of likely N-dealkylation sites (tertiary alicyclic amines) is 1. The third kappa shape index (κ3) is 3.66. The van der Waals surface area contributed by atoms with Crippen molar-refractivity contribution in [1.82, 2.24) is 30.0 Å². The van der Waals surface area contributed by atoms with Crippen LogP contribution in [0.3, 0.4) is 0 Å². The van der Waals surface area contributed by atoms with Crippen LogP contribution in [0.1, 0.15) is 19.3 Å². The molecule has 0 N–H and O–H groups in total. The highest BCUT2D eigenvalue weighted by atomic mass is 16.5. The second-order valence-electron chi connectivity index (χ2n) is 7.54. The van der Waals surface area contributed by atoms with Gasteiger partial charge in [0, 0.05) is 12.1 Å². The summed E-state index contributed by atoms with van der Waals surface area (Å²) in [6.07, 6.45) is 3.94. The second-order valence-corrected chi connectivity index (χ2v) is 7.54. The zero-order chi connectivity index (χ0) is 20.3. The molecule has 154 valence electrons. The van der Waals surface area contributed by atoms with Crippen LogP contribution in [0.15, 0.2) is 47.0 Å². The van der Waals surface area contributed by atoms with E-state index in [1.54, 1.807) is 7.11 Å². The van der Waals surface area contributed by atoms with Gasteiger partial charge in [0.25, 0.3) is 5.89 Å². The Morgan fingerprint density at radius 1 is 1.03 bits per heavy atom. The Bertz CT molecular complexity index is 1150. The minimum Gasteiger partial charge on any atom is -0.496 e. The Balaban J connectivity index is 1.36. The Kier molecular flexibility index (Phi) is 5.15. The molecule has 2 aromatic carbocycles. The fourth-order valence-corrected chi connectivity index (χ4v) is 3.97. The van der Waals surface area contributed by atoms with E-state index < -0.39 is 0 Å². The van der Waals surface area contributed by atoms with Crippen molar-refractivity contribution >= 4 is 11.0 Å². The summed E-state index contributed by atoms with van der Waals surface area (Å²) in [5.74, 6) is 1.63. The highest BCUT2D eigenvalue weighted by molar-refractivity contribution is 5.80. The molecule has 30 heavy (non-hydrogen) atoms. The zero-order valence-corrected chi connectivity index (χ0v) is 17.0. The fraction of sp³-hybridized carbons (Fsp3) is 0.364. The number of ether oxygens (including phenoxy) is 1. The van der Waals surface area contributed by atoms with E-state index in [1.165, 1.54) is 32.4 Å². The van der Waals surface area contributed by atoms with Crippen molar-refractivity contribution in [2.75, 3.05) is 26.7 Å². The molecule has 0 aliphatic carbocycles. The number of hydrogen-bond acceptors (Lipinski definition) is 7. The smallest absolute Gasteiger partial charge is 0.262 e. The summed E-state index contributed by atoms with van der Waals surface area (Å²) >= 11 is 0. The number of benzene rings is 2. The number of rotatable bonds is 6. The van der Waals surface area contributed by atoms with E-state index in [2.05, 4.69) is 25.4 Å². The summed E-state index contributed by atoms with van der Waals surface area (Å²) in [4.78, 5) is 7.06. The molecule has 5 rings (SSSR count). The average molecular weight is 404 g/mol. The van der Waals surface area contributed by atoms with Crippen molar-refractivity contribution in [2.24, 2.45) is 0 Å². The molecule has 8 nitrogen and oxygen atoms in total. The topological polar surface area (TPSA) is 82.1 Å². The fourth-order valence-electron chi connectivity index (χ4n) is 3.97. The van der Waals surface area contributed by atoms with Crippen LogP contribution in [-0.4, -0.2) is 56.8 Å². The third-order valence-electron chi connectivity index (χ3n) is 5.61. The molecule has 0 amide bonds. The van der Waals surface area contributed by atoms with E-state index in [9.17, 15) is 0 Å². The summed E-state index contributed by atoms with van der Waals surface area (Å²) in [5, 5.41) is 12.8. The molecule has 0 bridgehead atoms. The summed E-state index contributed by atoms with van der Waals surface area (Å²) < 4.78 is 12.8. The van der Waals surface area contributed by atoms with Gasteiger partial charge in [-0.15, -0.1) is 5.10 Å². The maximum Gasteiger partial charge on any atom is 0.262 e. The molecule has 3 heterocycles. The summed E-state index contributed by atoms with van der Waals surface area (Å²) in [5.41, 5.74) is 3.46. The first-order valence-electron chi connectivity index (χ1n) is 10.3. The monoisotopic (exact) mass is 404 g/mol. The molecule has 0 spiro atoms. The average Bonchev–Trinajstić information content (AvgIpc) is 3.45. The quantitative estimate of drug-likeness (QED) is 0.485. The largest absolute Gasteiger partial charge is 0.496 e. The van der Waals surface area contributed by atoms with Gasteiger partial charge in [-0.1, -0.05) is 28.9 Å². The van der Waals surface area contributed by atoms with E-state index in [-0.39, 0.29) is 0 Å². The number of piperidine rings is 1.